The highest BCUT2D eigenvalue weighted by molar-refractivity contribution is 7.99. The molecule has 2 heterocycles. The predicted molar refractivity (Wildman–Crippen MR) is 128 cm³/mol. The number of benzene rings is 2. The maximum Gasteiger partial charge on any atom is 0.229 e. The van der Waals surface area contributed by atoms with E-state index < -0.39 is 0 Å². The molecular weight excluding hydrogens is 422 g/mol. The van der Waals surface area contributed by atoms with Gasteiger partial charge in [-0.05, 0) is 19.1 Å². The molecule has 0 fully saturated rings. The van der Waals surface area contributed by atoms with Crippen LogP contribution < -0.4 is 15.4 Å². The molecule has 0 aliphatic rings. The van der Waals surface area contributed by atoms with Crippen molar-refractivity contribution in [3.05, 3.63) is 66.6 Å². The topological polar surface area (TPSA) is 95.0 Å². The van der Waals surface area contributed by atoms with Gasteiger partial charge in [0, 0.05) is 19.7 Å². The molecule has 1 atom stereocenters. The van der Waals surface area contributed by atoms with Crippen molar-refractivity contribution in [2.45, 2.75) is 17.3 Å². The Hall–Kier alpha value is -3.59. The molecule has 4 aromatic rings. The van der Waals surface area contributed by atoms with Gasteiger partial charge in [-0.25, -0.2) is 4.98 Å². The van der Waals surface area contributed by atoms with E-state index in [1.54, 1.807) is 18.9 Å². The lowest BCUT2D eigenvalue weighted by Gasteiger charge is -2.17. The molecule has 9 heteroatoms. The summed E-state index contributed by atoms with van der Waals surface area (Å²) >= 11 is 1.55. The van der Waals surface area contributed by atoms with Crippen molar-refractivity contribution in [2.75, 3.05) is 31.8 Å². The summed E-state index contributed by atoms with van der Waals surface area (Å²) in [6.45, 7) is 2.03. The summed E-state index contributed by atoms with van der Waals surface area (Å²) in [5, 5.41) is 0.685. The van der Waals surface area contributed by atoms with Gasteiger partial charge in [0.1, 0.15) is 11.6 Å². The van der Waals surface area contributed by atoms with Crippen LogP contribution >= 0.6 is 11.8 Å². The molecule has 0 saturated carbocycles. The van der Waals surface area contributed by atoms with Crippen LogP contribution in [0.3, 0.4) is 0 Å². The van der Waals surface area contributed by atoms with Gasteiger partial charge in [-0.2, -0.15) is 15.0 Å². The Morgan fingerprint density at radius 3 is 2.44 bits per heavy atom. The molecule has 2 aromatic carbocycles. The van der Waals surface area contributed by atoms with Crippen LogP contribution in [0.2, 0.25) is 0 Å². The summed E-state index contributed by atoms with van der Waals surface area (Å²) in [6, 6.07) is 18.1. The van der Waals surface area contributed by atoms with Gasteiger partial charge in [-0.1, -0.05) is 54.2 Å². The zero-order valence-corrected chi connectivity index (χ0v) is 19.2. The molecule has 0 aliphatic carbocycles. The first kappa shape index (κ1) is 21.6. The Kier molecular flexibility index (Phi) is 6.27. The van der Waals surface area contributed by atoms with Crippen molar-refractivity contribution >= 4 is 23.7 Å². The lowest BCUT2D eigenvalue weighted by molar-refractivity contribution is 0.412. The highest BCUT2D eigenvalue weighted by atomic mass is 32.2. The van der Waals surface area contributed by atoms with Gasteiger partial charge in [0.2, 0.25) is 11.9 Å². The average molecular weight is 448 g/mol. The first-order valence-corrected chi connectivity index (χ1v) is 11.0. The van der Waals surface area contributed by atoms with Crippen LogP contribution in [-0.2, 0) is 0 Å². The standard InChI is InChI=1S/C23H25N7OS/c1-15(20-26-21(24)28-22(27-20)29(2)3)32-23-25-14-18(16-10-6-5-7-11-16)30(23)17-12-8-9-13-19(17)31-4/h5-15H,1-4H3,(H2,24,26,27,28). The van der Waals surface area contributed by atoms with Crippen LogP contribution in [-0.4, -0.2) is 45.7 Å². The van der Waals surface area contributed by atoms with Gasteiger partial charge < -0.3 is 15.4 Å². The number of para-hydroxylation sites is 2. The number of hydrogen-bond acceptors (Lipinski definition) is 8. The largest absolute Gasteiger partial charge is 0.495 e. The molecule has 0 aliphatic heterocycles. The summed E-state index contributed by atoms with van der Waals surface area (Å²) in [5.74, 6) is 2.08. The van der Waals surface area contributed by atoms with E-state index in [1.807, 2.05) is 74.6 Å². The number of nitrogens with zero attached hydrogens (tertiary/aromatic N) is 6. The van der Waals surface area contributed by atoms with Crippen LogP contribution in [0, 0.1) is 0 Å². The molecule has 2 N–H and O–H groups in total. The van der Waals surface area contributed by atoms with Crippen LogP contribution in [0.4, 0.5) is 11.9 Å². The van der Waals surface area contributed by atoms with E-state index >= 15 is 0 Å². The molecular formula is C23H25N7OS. The molecule has 1 unspecified atom stereocenters. The van der Waals surface area contributed by atoms with Crippen molar-refractivity contribution in [3.63, 3.8) is 0 Å². The first-order valence-electron chi connectivity index (χ1n) is 10.1. The lowest BCUT2D eigenvalue weighted by Crippen LogP contribution is -2.16. The van der Waals surface area contributed by atoms with Crippen LogP contribution in [0.5, 0.6) is 5.75 Å². The van der Waals surface area contributed by atoms with Gasteiger partial charge >= 0.3 is 0 Å². The number of hydrogen-bond donors (Lipinski definition) is 1. The minimum atomic E-state index is -0.113. The third-order valence-electron chi connectivity index (χ3n) is 4.83. The number of anilines is 2. The highest BCUT2D eigenvalue weighted by Crippen LogP contribution is 2.39. The number of ether oxygens (including phenoxy) is 1. The number of aromatic nitrogens is 5. The van der Waals surface area contributed by atoms with E-state index in [0.29, 0.717) is 11.8 Å². The van der Waals surface area contributed by atoms with Crippen molar-refractivity contribution in [1.82, 2.24) is 24.5 Å². The van der Waals surface area contributed by atoms with E-state index in [4.69, 9.17) is 15.5 Å². The van der Waals surface area contributed by atoms with Crippen molar-refractivity contribution in [3.8, 4) is 22.7 Å². The Labute approximate surface area is 191 Å². The average Bonchev–Trinajstić information content (AvgIpc) is 3.22. The number of methoxy groups -OCH3 is 1. The van der Waals surface area contributed by atoms with Gasteiger partial charge in [-0.3, -0.25) is 4.57 Å². The maximum atomic E-state index is 5.93. The smallest absolute Gasteiger partial charge is 0.229 e. The van der Waals surface area contributed by atoms with Gasteiger partial charge in [0.15, 0.2) is 5.16 Å². The summed E-state index contributed by atoms with van der Waals surface area (Å²) in [6.07, 6.45) is 1.88. The third kappa shape index (κ3) is 4.38. The fourth-order valence-corrected chi connectivity index (χ4v) is 4.21. The van der Waals surface area contributed by atoms with Gasteiger partial charge in [0.05, 0.1) is 29.9 Å². The second-order valence-corrected chi connectivity index (χ2v) is 8.61. The SMILES string of the molecule is COc1ccccc1-n1c(-c2ccccc2)cnc1SC(C)c1nc(N)nc(N(C)C)n1. The zero-order chi connectivity index (χ0) is 22.7. The minimum absolute atomic E-state index is 0.113. The molecule has 0 radical (unpaired) electrons. The molecule has 32 heavy (non-hydrogen) atoms. The van der Waals surface area contributed by atoms with Crippen LogP contribution in [0.15, 0.2) is 66.0 Å². The van der Waals surface area contributed by atoms with E-state index in [0.717, 1.165) is 27.9 Å². The number of thioether (sulfide) groups is 1. The Morgan fingerprint density at radius 1 is 1.00 bits per heavy atom. The lowest BCUT2D eigenvalue weighted by atomic mass is 10.1. The number of rotatable bonds is 7. The predicted octanol–water partition coefficient (Wildman–Crippen LogP) is 4.23. The fraction of sp³-hybridized carbons (Fsp3) is 0.217. The molecule has 8 nitrogen and oxygen atoms in total. The summed E-state index contributed by atoms with van der Waals surface area (Å²) in [4.78, 5) is 19.7. The Balaban J connectivity index is 1.79. The monoisotopic (exact) mass is 447 g/mol. The maximum absolute atomic E-state index is 5.93. The normalized spacial score (nSPS) is 11.9. The molecule has 2 aromatic heterocycles. The fourth-order valence-electron chi connectivity index (χ4n) is 3.27. The van der Waals surface area contributed by atoms with Gasteiger partial charge in [0.25, 0.3) is 0 Å². The van der Waals surface area contributed by atoms with Crippen molar-refractivity contribution in [1.29, 1.82) is 0 Å². The summed E-state index contributed by atoms with van der Waals surface area (Å²) in [7, 11) is 5.41. The van der Waals surface area contributed by atoms with E-state index in [-0.39, 0.29) is 11.2 Å². The minimum Gasteiger partial charge on any atom is -0.495 e. The highest BCUT2D eigenvalue weighted by Gasteiger charge is 2.21. The van der Waals surface area contributed by atoms with Crippen molar-refractivity contribution in [2.24, 2.45) is 0 Å². The zero-order valence-electron chi connectivity index (χ0n) is 18.4. The molecule has 0 bridgehead atoms. The number of imidazole rings is 1. The molecule has 0 spiro atoms. The summed E-state index contributed by atoms with van der Waals surface area (Å²) in [5.41, 5.74) is 8.87. The molecule has 4 rings (SSSR count). The molecule has 0 saturated heterocycles. The quantitative estimate of drug-likeness (QED) is 0.421. The Morgan fingerprint density at radius 2 is 1.72 bits per heavy atom. The van der Waals surface area contributed by atoms with E-state index in [1.165, 1.54) is 0 Å². The second kappa shape index (κ2) is 9.27. The third-order valence-corrected chi connectivity index (χ3v) is 5.89. The van der Waals surface area contributed by atoms with Crippen LogP contribution in [0.25, 0.3) is 16.9 Å². The van der Waals surface area contributed by atoms with Gasteiger partial charge in [-0.15, -0.1) is 0 Å². The second-order valence-electron chi connectivity index (χ2n) is 7.31. The van der Waals surface area contributed by atoms with Crippen LogP contribution in [0.1, 0.15) is 18.0 Å². The number of nitrogen functional groups attached to an aromatic ring is 1. The van der Waals surface area contributed by atoms with E-state index in [2.05, 4.69) is 31.7 Å². The molecule has 0 amide bonds. The van der Waals surface area contributed by atoms with Crippen molar-refractivity contribution < 1.29 is 4.74 Å². The molecule has 164 valence electrons. The Bertz CT molecular complexity index is 1210. The first-order chi connectivity index (χ1) is 15.5. The number of nitrogens with two attached hydrogens (primary N) is 1. The summed E-state index contributed by atoms with van der Waals surface area (Å²) < 4.78 is 7.75. The van der Waals surface area contributed by atoms with E-state index in [9.17, 15) is 0 Å².